The van der Waals surface area contributed by atoms with Gasteiger partial charge in [0.2, 0.25) is 5.76 Å². The summed E-state index contributed by atoms with van der Waals surface area (Å²) in [4.78, 5) is 15.6. The third kappa shape index (κ3) is 3.08. The van der Waals surface area contributed by atoms with Crippen LogP contribution in [0, 0.1) is 5.41 Å². The molecule has 130 valence electrons. The average Bonchev–Trinajstić information content (AvgIpc) is 2.97. The van der Waals surface area contributed by atoms with E-state index in [0.717, 1.165) is 12.8 Å². The lowest BCUT2D eigenvalue weighted by atomic mass is 9.58. The monoisotopic (exact) mass is 334 g/mol. The van der Waals surface area contributed by atoms with Gasteiger partial charge in [-0.05, 0) is 26.2 Å². The molecule has 23 heavy (non-hydrogen) atoms. The first-order chi connectivity index (χ1) is 10.8. The number of halogens is 3. The molecule has 1 amide bonds. The molecular weight excluding hydrogens is 313 g/mol. The van der Waals surface area contributed by atoms with Crippen LogP contribution in [-0.4, -0.2) is 29.6 Å². The standard InChI is InChI=1S/C15H21F3N2O3/c1-4-14(5-2)9(7-10(14)22-6-3)20-13(21)11-12(15(16,17)18)23-8-19-11/h8-10H,4-7H2,1-3H3,(H,20,21). The Labute approximate surface area is 132 Å². The van der Waals surface area contributed by atoms with E-state index in [2.05, 4.69) is 14.7 Å². The number of nitrogens with zero attached hydrogens (tertiary/aromatic N) is 1. The van der Waals surface area contributed by atoms with Crippen LogP contribution in [0.25, 0.3) is 0 Å². The maximum Gasteiger partial charge on any atom is 0.452 e. The Hall–Kier alpha value is -1.57. The SMILES string of the molecule is CCOC1CC(NC(=O)c2ncoc2C(F)(F)F)C1(CC)CC. The Kier molecular flexibility index (Phi) is 5.03. The van der Waals surface area contributed by atoms with Crippen molar-refractivity contribution in [1.82, 2.24) is 10.3 Å². The zero-order chi connectivity index (χ0) is 17.3. The molecule has 1 aromatic rings. The lowest BCUT2D eigenvalue weighted by Gasteiger charge is -2.55. The van der Waals surface area contributed by atoms with Gasteiger partial charge in [0.25, 0.3) is 5.91 Å². The van der Waals surface area contributed by atoms with Crippen molar-refractivity contribution in [3.05, 3.63) is 17.8 Å². The van der Waals surface area contributed by atoms with Crippen LogP contribution in [0.4, 0.5) is 13.2 Å². The molecule has 0 saturated heterocycles. The van der Waals surface area contributed by atoms with Gasteiger partial charge in [-0.3, -0.25) is 4.79 Å². The summed E-state index contributed by atoms with van der Waals surface area (Å²) in [5, 5.41) is 2.67. The maximum atomic E-state index is 12.8. The molecule has 8 heteroatoms. The zero-order valence-corrected chi connectivity index (χ0v) is 13.4. The number of hydrogen-bond acceptors (Lipinski definition) is 4. The Morgan fingerprint density at radius 2 is 2.09 bits per heavy atom. The number of aromatic nitrogens is 1. The molecule has 0 spiro atoms. The number of ether oxygens (including phenoxy) is 1. The highest BCUT2D eigenvalue weighted by molar-refractivity contribution is 5.93. The van der Waals surface area contributed by atoms with Gasteiger partial charge in [-0.2, -0.15) is 13.2 Å². The van der Waals surface area contributed by atoms with Crippen LogP contribution < -0.4 is 5.32 Å². The van der Waals surface area contributed by atoms with Gasteiger partial charge in [-0.1, -0.05) is 13.8 Å². The van der Waals surface area contributed by atoms with E-state index >= 15 is 0 Å². The third-order valence-corrected chi connectivity index (χ3v) is 4.81. The van der Waals surface area contributed by atoms with Crippen molar-refractivity contribution in [3.63, 3.8) is 0 Å². The molecule has 0 aliphatic heterocycles. The van der Waals surface area contributed by atoms with Gasteiger partial charge in [0.05, 0.1) is 6.10 Å². The molecule has 0 bridgehead atoms. The van der Waals surface area contributed by atoms with Crippen LogP contribution in [0.15, 0.2) is 10.8 Å². The number of oxazole rings is 1. The number of hydrogen-bond donors (Lipinski definition) is 1. The van der Waals surface area contributed by atoms with Crippen molar-refractivity contribution < 1.29 is 27.1 Å². The third-order valence-electron chi connectivity index (χ3n) is 4.81. The first-order valence-electron chi connectivity index (χ1n) is 7.73. The van der Waals surface area contributed by atoms with Crippen molar-refractivity contribution in [2.45, 2.75) is 58.4 Å². The number of nitrogens with one attached hydrogen (secondary N) is 1. The summed E-state index contributed by atoms with van der Waals surface area (Å²) >= 11 is 0. The largest absolute Gasteiger partial charge is 0.452 e. The molecule has 1 heterocycles. The molecule has 2 atom stereocenters. The fourth-order valence-corrected chi connectivity index (χ4v) is 3.42. The lowest BCUT2D eigenvalue weighted by molar-refractivity contribution is -0.153. The Morgan fingerprint density at radius 3 is 2.61 bits per heavy atom. The molecule has 1 saturated carbocycles. The second-order valence-corrected chi connectivity index (χ2v) is 5.67. The van der Waals surface area contributed by atoms with E-state index in [1.54, 1.807) is 0 Å². The molecule has 1 fully saturated rings. The molecule has 1 aliphatic carbocycles. The van der Waals surface area contributed by atoms with Crippen molar-refractivity contribution >= 4 is 5.91 Å². The molecule has 1 aliphatic rings. The van der Waals surface area contributed by atoms with E-state index < -0.39 is 23.5 Å². The van der Waals surface area contributed by atoms with E-state index in [4.69, 9.17) is 4.74 Å². The normalized spacial score (nSPS) is 23.4. The number of amides is 1. The van der Waals surface area contributed by atoms with Crippen LogP contribution >= 0.6 is 0 Å². The minimum absolute atomic E-state index is 0.00666. The van der Waals surface area contributed by atoms with E-state index in [-0.39, 0.29) is 17.6 Å². The maximum absolute atomic E-state index is 12.8. The van der Waals surface area contributed by atoms with Gasteiger partial charge in [0.1, 0.15) is 0 Å². The highest BCUT2D eigenvalue weighted by Gasteiger charge is 2.54. The lowest BCUT2D eigenvalue weighted by Crippen LogP contribution is -2.64. The van der Waals surface area contributed by atoms with Crippen molar-refractivity contribution in [2.24, 2.45) is 5.41 Å². The van der Waals surface area contributed by atoms with Gasteiger partial charge in [-0.15, -0.1) is 0 Å². The minimum Gasteiger partial charge on any atom is -0.438 e. The fourth-order valence-electron chi connectivity index (χ4n) is 3.42. The van der Waals surface area contributed by atoms with Crippen molar-refractivity contribution in [1.29, 1.82) is 0 Å². The number of alkyl halides is 3. The molecule has 2 unspecified atom stereocenters. The average molecular weight is 334 g/mol. The van der Waals surface area contributed by atoms with Gasteiger partial charge >= 0.3 is 6.18 Å². The van der Waals surface area contributed by atoms with Gasteiger partial charge in [0.15, 0.2) is 12.1 Å². The topological polar surface area (TPSA) is 64.4 Å². The van der Waals surface area contributed by atoms with Crippen molar-refractivity contribution in [2.75, 3.05) is 6.61 Å². The van der Waals surface area contributed by atoms with Crippen LogP contribution in [0.3, 0.4) is 0 Å². The van der Waals surface area contributed by atoms with E-state index in [1.165, 1.54) is 0 Å². The number of carbonyl (C=O) groups excluding carboxylic acids is 1. The van der Waals surface area contributed by atoms with Crippen LogP contribution in [0.2, 0.25) is 0 Å². The molecule has 2 rings (SSSR count). The summed E-state index contributed by atoms with van der Waals surface area (Å²) in [5.41, 5.74) is -0.980. The Morgan fingerprint density at radius 1 is 1.43 bits per heavy atom. The summed E-state index contributed by atoms with van der Waals surface area (Å²) in [7, 11) is 0. The van der Waals surface area contributed by atoms with E-state index in [1.807, 2.05) is 20.8 Å². The van der Waals surface area contributed by atoms with E-state index in [0.29, 0.717) is 19.4 Å². The van der Waals surface area contributed by atoms with Crippen LogP contribution in [0.5, 0.6) is 0 Å². The summed E-state index contributed by atoms with van der Waals surface area (Å²) in [6.45, 7) is 6.44. The highest BCUT2D eigenvalue weighted by Crippen LogP contribution is 2.49. The predicted octanol–water partition coefficient (Wildman–Crippen LogP) is 3.41. The summed E-state index contributed by atoms with van der Waals surface area (Å²) in [5.74, 6) is -2.23. The number of carbonyl (C=O) groups is 1. The zero-order valence-electron chi connectivity index (χ0n) is 13.4. The molecular formula is C15H21F3N2O3. The molecule has 0 aromatic carbocycles. The van der Waals surface area contributed by atoms with Gasteiger partial charge in [0, 0.05) is 18.1 Å². The van der Waals surface area contributed by atoms with Gasteiger partial charge < -0.3 is 14.5 Å². The highest BCUT2D eigenvalue weighted by atomic mass is 19.4. The molecule has 5 nitrogen and oxygen atoms in total. The second kappa shape index (κ2) is 6.51. The molecule has 0 radical (unpaired) electrons. The van der Waals surface area contributed by atoms with E-state index in [9.17, 15) is 18.0 Å². The first kappa shape index (κ1) is 17.8. The van der Waals surface area contributed by atoms with Gasteiger partial charge in [-0.25, -0.2) is 4.98 Å². The smallest absolute Gasteiger partial charge is 0.438 e. The second-order valence-electron chi connectivity index (χ2n) is 5.67. The summed E-state index contributed by atoms with van der Waals surface area (Å²) in [6.07, 6.45) is -1.99. The number of rotatable bonds is 6. The first-order valence-corrected chi connectivity index (χ1v) is 7.73. The summed E-state index contributed by atoms with van der Waals surface area (Å²) in [6, 6.07) is -0.237. The Bertz CT molecular complexity index is 552. The van der Waals surface area contributed by atoms with Crippen LogP contribution in [-0.2, 0) is 10.9 Å². The predicted molar refractivity (Wildman–Crippen MR) is 75.8 cm³/mol. The minimum atomic E-state index is -4.75. The Balaban J connectivity index is 2.14. The fraction of sp³-hybridized carbons (Fsp3) is 0.733. The van der Waals surface area contributed by atoms with Crippen LogP contribution in [0.1, 0.15) is 56.3 Å². The summed E-state index contributed by atoms with van der Waals surface area (Å²) < 4.78 is 48.4. The molecule has 1 N–H and O–H groups in total. The van der Waals surface area contributed by atoms with Crippen molar-refractivity contribution in [3.8, 4) is 0 Å². The molecule has 1 aromatic heterocycles. The quantitative estimate of drug-likeness (QED) is 0.866.